The number of methoxy groups -OCH3 is 1. The Labute approximate surface area is 158 Å². The summed E-state index contributed by atoms with van der Waals surface area (Å²) in [7, 11) is 1.42. The van der Waals surface area contributed by atoms with Gasteiger partial charge in [0, 0.05) is 34.9 Å². The predicted octanol–water partition coefficient (Wildman–Crippen LogP) is 4.04. The molecule has 6 nitrogen and oxygen atoms in total. The maximum Gasteiger partial charge on any atom is 0.416 e. The molecule has 0 saturated carbocycles. The zero-order valence-corrected chi connectivity index (χ0v) is 15.0. The van der Waals surface area contributed by atoms with Crippen LogP contribution in [0.5, 0.6) is 5.75 Å². The Balaban J connectivity index is 1.99. The number of ether oxygens (including phenoxy) is 1. The summed E-state index contributed by atoms with van der Waals surface area (Å²) in [5.41, 5.74) is 6.15. The van der Waals surface area contributed by atoms with Crippen LogP contribution >= 0.6 is 0 Å². The summed E-state index contributed by atoms with van der Waals surface area (Å²) in [5.74, 6) is -0.249. The third-order valence-corrected chi connectivity index (χ3v) is 3.94. The number of hydrogen-bond donors (Lipinski definition) is 2. The number of hydrogen-bond acceptors (Lipinski definition) is 4. The van der Waals surface area contributed by atoms with Crippen LogP contribution in [0.4, 0.5) is 24.5 Å². The first-order chi connectivity index (χ1) is 13.2. The smallest absolute Gasteiger partial charge is 0.416 e. The number of rotatable bonds is 4. The Morgan fingerprint density at radius 3 is 2.54 bits per heavy atom. The van der Waals surface area contributed by atoms with Gasteiger partial charge in [-0.1, -0.05) is 0 Å². The monoisotopic (exact) mass is 390 g/mol. The molecule has 1 aromatic heterocycles. The Bertz CT molecular complexity index is 1030. The molecule has 0 fully saturated rings. The fourth-order valence-corrected chi connectivity index (χ4v) is 2.63. The Kier molecular flexibility index (Phi) is 5.00. The molecule has 0 spiro atoms. The number of imidazole rings is 1. The van der Waals surface area contributed by atoms with E-state index >= 15 is 0 Å². The highest BCUT2D eigenvalue weighted by atomic mass is 19.4. The van der Waals surface area contributed by atoms with E-state index < -0.39 is 17.6 Å². The second-order valence-electron chi connectivity index (χ2n) is 6.14. The fourth-order valence-electron chi connectivity index (χ4n) is 2.63. The van der Waals surface area contributed by atoms with Crippen LogP contribution in [0.15, 0.2) is 48.9 Å². The SMILES string of the molecule is COc1cc(N)cc(C(=O)Nc2cc(-n3cnc(C)c3)cc(C(F)(F)F)c2)c1. The average Bonchev–Trinajstić information content (AvgIpc) is 3.06. The maximum atomic E-state index is 13.3. The maximum absolute atomic E-state index is 13.3. The van der Waals surface area contributed by atoms with Crippen molar-refractivity contribution >= 4 is 17.3 Å². The number of alkyl halides is 3. The zero-order chi connectivity index (χ0) is 20.5. The highest BCUT2D eigenvalue weighted by molar-refractivity contribution is 6.05. The molecular formula is C19H17F3N4O2. The van der Waals surface area contributed by atoms with E-state index in [0.29, 0.717) is 17.1 Å². The van der Waals surface area contributed by atoms with Gasteiger partial charge in [0.1, 0.15) is 5.75 Å². The van der Waals surface area contributed by atoms with E-state index in [1.807, 2.05) is 0 Å². The molecule has 28 heavy (non-hydrogen) atoms. The number of nitrogens with two attached hydrogens (primary N) is 1. The van der Waals surface area contributed by atoms with Gasteiger partial charge in [0.25, 0.3) is 5.91 Å². The number of halogens is 3. The van der Waals surface area contributed by atoms with Gasteiger partial charge in [-0.3, -0.25) is 4.79 Å². The molecule has 0 unspecified atom stereocenters. The van der Waals surface area contributed by atoms with Crippen molar-refractivity contribution in [2.75, 3.05) is 18.2 Å². The molecule has 0 aliphatic carbocycles. The lowest BCUT2D eigenvalue weighted by atomic mass is 10.1. The number of benzene rings is 2. The Morgan fingerprint density at radius 1 is 1.18 bits per heavy atom. The van der Waals surface area contributed by atoms with Crippen molar-refractivity contribution in [2.45, 2.75) is 13.1 Å². The summed E-state index contributed by atoms with van der Waals surface area (Å²) >= 11 is 0. The van der Waals surface area contributed by atoms with Crippen molar-refractivity contribution in [1.82, 2.24) is 9.55 Å². The number of aromatic nitrogens is 2. The standard InChI is InChI=1S/C19H17F3N4O2/c1-11-9-26(10-24-11)16-6-13(19(20,21)22)5-15(8-16)25-18(27)12-3-14(23)7-17(4-12)28-2/h3-10H,23H2,1-2H3,(H,25,27). The van der Waals surface area contributed by atoms with Gasteiger partial charge in [0.2, 0.25) is 0 Å². The summed E-state index contributed by atoms with van der Waals surface area (Å²) in [6.45, 7) is 1.72. The van der Waals surface area contributed by atoms with Crippen molar-refractivity contribution in [3.63, 3.8) is 0 Å². The molecule has 9 heteroatoms. The van der Waals surface area contributed by atoms with Gasteiger partial charge in [-0.15, -0.1) is 0 Å². The van der Waals surface area contributed by atoms with Gasteiger partial charge in [-0.05, 0) is 37.3 Å². The number of amides is 1. The van der Waals surface area contributed by atoms with Crippen LogP contribution in [0.25, 0.3) is 5.69 Å². The van der Waals surface area contributed by atoms with Gasteiger partial charge in [-0.2, -0.15) is 13.2 Å². The van der Waals surface area contributed by atoms with E-state index in [2.05, 4.69) is 10.3 Å². The molecule has 0 bridgehead atoms. The Morgan fingerprint density at radius 2 is 1.93 bits per heavy atom. The third kappa shape index (κ3) is 4.25. The number of nitrogens with zero attached hydrogens (tertiary/aromatic N) is 2. The second-order valence-corrected chi connectivity index (χ2v) is 6.14. The molecule has 3 N–H and O–H groups in total. The van der Waals surface area contributed by atoms with Gasteiger partial charge < -0.3 is 20.4 Å². The van der Waals surface area contributed by atoms with Crippen LogP contribution in [-0.4, -0.2) is 22.6 Å². The largest absolute Gasteiger partial charge is 0.497 e. The van der Waals surface area contributed by atoms with Gasteiger partial charge in [-0.25, -0.2) is 4.98 Å². The second kappa shape index (κ2) is 7.26. The average molecular weight is 390 g/mol. The highest BCUT2D eigenvalue weighted by Crippen LogP contribution is 2.33. The van der Waals surface area contributed by atoms with Crippen LogP contribution in [0, 0.1) is 6.92 Å². The summed E-state index contributed by atoms with van der Waals surface area (Å²) in [4.78, 5) is 16.5. The van der Waals surface area contributed by atoms with Crippen LogP contribution < -0.4 is 15.8 Å². The van der Waals surface area contributed by atoms with E-state index in [1.54, 1.807) is 13.1 Å². The molecule has 0 atom stereocenters. The van der Waals surface area contributed by atoms with E-state index in [4.69, 9.17) is 10.5 Å². The molecule has 0 aliphatic rings. The predicted molar refractivity (Wildman–Crippen MR) is 98.7 cm³/mol. The lowest BCUT2D eigenvalue weighted by Crippen LogP contribution is -2.14. The van der Waals surface area contributed by atoms with E-state index in [9.17, 15) is 18.0 Å². The molecule has 0 radical (unpaired) electrons. The van der Waals surface area contributed by atoms with Crippen molar-refractivity contribution in [3.05, 3.63) is 65.7 Å². The number of nitrogens with one attached hydrogen (secondary N) is 1. The first kappa shape index (κ1) is 19.3. The summed E-state index contributed by atoms with van der Waals surface area (Å²) < 4.78 is 46.4. The number of carbonyl (C=O) groups excluding carboxylic acids is 1. The first-order valence-electron chi connectivity index (χ1n) is 8.15. The molecule has 0 saturated heterocycles. The molecule has 3 rings (SSSR count). The van der Waals surface area contributed by atoms with Crippen LogP contribution in [0.1, 0.15) is 21.6 Å². The van der Waals surface area contributed by atoms with E-state index in [1.165, 1.54) is 42.3 Å². The summed E-state index contributed by atoms with van der Waals surface area (Å²) in [6, 6.07) is 7.67. The van der Waals surface area contributed by atoms with Crippen molar-refractivity contribution in [1.29, 1.82) is 0 Å². The van der Waals surface area contributed by atoms with Crippen LogP contribution in [0.2, 0.25) is 0 Å². The van der Waals surface area contributed by atoms with Crippen LogP contribution in [-0.2, 0) is 6.18 Å². The van der Waals surface area contributed by atoms with Gasteiger partial charge in [0.15, 0.2) is 0 Å². The summed E-state index contributed by atoms with van der Waals surface area (Å²) in [6.07, 6.45) is -1.59. The van der Waals surface area contributed by atoms with E-state index in [0.717, 1.165) is 12.1 Å². The molecule has 1 heterocycles. The number of aryl methyl sites for hydroxylation is 1. The highest BCUT2D eigenvalue weighted by Gasteiger charge is 2.31. The lowest BCUT2D eigenvalue weighted by Gasteiger charge is -2.14. The topological polar surface area (TPSA) is 82.2 Å². The minimum absolute atomic E-state index is 0.0115. The van der Waals surface area contributed by atoms with Crippen molar-refractivity contribution in [2.24, 2.45) is 0 Å². The minimum Gasteiger partial charge on any atom is -0.497 e. The minimum atomic E-state index is -4.58. The molecule has 2 aromatic carbocycles. The van der Waals surface area contributed by atoms with Crippen LogP contribution in [0.3, 0.4) is 0 Å². The quantitative estimate of drug-likeness (QED) is 0.659. The number of anilines is 2. The number of nitrogen functional groups attached to an aromatic ring is 1. The molecule has 1 amide bonds. The molecule has 3 aromatic rings. The third-order valence-electron chi connectivity index (χ3n) is 3.94. The molecular weight excluding hydrogens is 373 g/mol. The summed E-state index contributed by atoms with van der Waals surface area (Å²) in [5, 5.41) is 2.48. The zero-order valence-electron chi connectivity index (χ0n) is 15.0. The van der Waals surface area contributed by atoms with Crippen molar-refractivity contribution in [3.8, 4) is 11.4 Å². The molecule has 146 valence electrons. The first-order valence-corrected chi connectivity index (χ1v) is 8.15. The van der Waals surface area contributed by atoms with Gasteiger partial charge in [0.05, 0.1) is 24.7 Å². The normalized spacial score (nSPS) is 11.3. The van der Waals surface area contributed by atoms with Gasteiger partial charge >= 0.3 is 6.18 Å². The Hall–Kier alpha value is -3.49. The lowest BCUT2D eigenvalue weighted by molar-refractivity contribution is -0.137. The molecule has 0 aliphatic heterocycles. The number of carbonyl (C=O) groups is 1. The van der Waals surface area contributed by atoms with Crippen molar-refractivity contribution < 1.29 is 22.7 Å². The van der Waals surface area contributed by atoms with E-state index in [-0.39, 0.29) is 16.9 Å². The fraction of sp³-hybridized carbons (Fsp3) is 0.158.